The lowest BCUT2D eigenvalue weighted by atomic mass is 9.97. The van der Waals surface area contributed by atoms with Crippen molar-refractivity contribution >= 4 is 35.1 Å². The van der Waals surface area contributed by atoms with Gasteiger partial charge < -0.3 is 144 Å². The summed E-state index contributed by atoms with van der Waals surface area (Å²) in [7, 11) is 0. The molecule has 0 aliphatic carbocycles. The van der Waals surface area contributed by atoms with Gasteiger partial charge in [0.05, 0.1) is 24.8 Å². The number of carbonyl (C=O) groups excluding carboxylic acids is 2. The second-order valence-electron chi connectivity index (χ2n) is 20.8. The van der Waals surface area contributed by atoms with Gasteiger partial charge in [-0.25, -0.2) is 14.0 Å². The van der Waals surface area contributed by atoms with Gasteiger partial charge in [-0.15, -0.1) is 0 Å². The molecular formula is C57H63O32+. The number of aromatic hydroxyl groups is 6. The van der Waals surface area contributed by atoms with Gasteiger partial charge in [0.1, 0.15) is 122 Å². The SMILES string of the molecule is O=C(C=Cc1ccc(O)c(O[C@@H]2O[C@H](CO)[C@@H](O)[C@H](O)[C@H]2O)c1)OC[C@H]1O[C@@H](O[C@H]2[C@H](Oc3cc4c(O[C@@H]5O[C@H](CO)[C@@H](O)[C@H](O)[C@H]5O)cc(O)cc4[o+]c3-c3ccc(O)c(O)c3)O[C@H](COC(=O)C=Cc3ccc(O)c(O)c3)[C@@H](O)[C@@H]2O)[C@H](O)[C@@H](O)[C@@H]1O. The summed E-state index contributed by atoms with van der Waals surface area (Å²) in [6.07, 6.45) is -34.0. The number of carbonyl (C=O) groups is 2. The maximum atomic E-state index is 13.1. The van der Waals surface area contributed by atoms with Crippen molar-refractivity contribution in [3.63, 3.8) is 0 Å². The summed E-state index contributed by atoms with van der Waals surface area (Å²) in [6.45, 7) is -3.38. The van der Waals surface area contributed by atoms with E-state index in [0.717, 1.165) is 66.8 Å². The Morgan fingerprint density at radius 1 is 0.438 bits per heavy atom. The molecule has 32 heteroatoms. The van der Waals surface area contributed by atoms with E-state index in [0.29, 0.717) is 0 Å². The Morgan fingerprint density at radius 2 is 0.899 bits per heavy atom. The first-order chi connectivity index (χ1) is 42.3. The number of benzene rings is 4. The average molecular weight is 1260 g/mol. The summed E-state index contributed by atoms with van der Waals surface area (Å²) in [5, 5.41) is 201. The van der Waals surface area contributed by atoms with Crippen molar-refractivity contribution in [2.75, 3.05) is 26.4 Å². The van der Waals surface area contributed by atoms with Crippen LogP contribution in [0.3, 0.4) is 0 Å². The molecule has 32 nitrogen and oxygen atoms in total. The van der Waals surface area contributed by atoms with Crippen LogP contribution in [0.4, 0.5) is 0 Å². The largest absolute Gasteiger partial charge is 0.507 e. The maximum absolute atomic E-state index is 13.1. The summed E-state index contributed by atoms with van der Waals surface area (Å²) in [5.74, 6) is -7.09. The van der Waals surface area contributed by atoms with Gasteiger partial charge in [0, 0.05) is 30.4 Å². The standard InChI is InChI=1S/C57H62O32/c58-17-35-41(68)45(72)49(76)54(85-35)82-32-15-24(60)14-31-25(32)16-34(52(81-31)23-5-8-27(62)30(65)13-23)84-57-53(48(75)44(71)38(88-57)20-80-39(66)9-3-21-1-6-26(61)29(64)11-21)89-56-51(78)47(74)43(70)37(87-56)19-79-40(67)10-4-22-2-7-28(63)33(12-22)83-55-50(77)46(73)42(69)36(18-59)86-55/h1-16,35-38,41-51,53-59,68-78H,17-20H2,(H5-,60,61,62,63,64,65,66,67)/p+1/t35-,36-,37-,38-,41-,42-,43-,44-,45+,46+,47+,48+,49-,50-,51-,53-,54-,55-,56+,57-/m1/s1. The van der Waals surface area contributed by atoms with Crippen LogP contribution in [0.25, 0.3) is 34.4 Å². The molecule has 4 saturated heterocycles. The third-order valence-corrected chi connectivity index (χ3v) is 14.7. The highest BCUT2D eigenvalue weighted by Gasteiger charge is 2.53. The number of phenolic OH excluding ortho intramolecular Hbond substituents is 6. The Labute approximate surface area is 500 Å². The second kappa shape index (κ2) is 27.9. The summed E-state index contributed by atoms with van der Waals surface area (Å²) in [5.41, 5.74) is 0.0494. The van der Waals surface area contributed by atoms with E-state index in [1.54, 1.807) is 0 Å². The Morgan fingerprint density at radius 3 is 1.45 bits per heavy atom. The van der Waals surface area contributed by atoms with E-state index in [2.05, 4.69) is 0 Å². The van der Waals surface area contributed by atoms with Crippen molar-refractivity contribution in [3.8, 4) is 63.1 Å². The molecular weight excluding hydrogens is 1200 g/mol. The normalized spacial score (nSPS) is 32.4. The highest BCUT2D eigenvalue weighted by molar-refractivity contribution is 5.89. The van der Waals surface area contributed by atoms with Crippen molar-refractivity contribution in [2.24, 2.45) is 0 Å². The summed E-state index contributed by atoms with van der Waals surface area (Å²) in [6, 6.07) is 13.7. The van der Waals surface area contributed by atoms with Crippen LogP contribution >= 0.6 is 0 Å². The fourth-order valence-electron chi connectivity index (χ4n) is 9.66. The van der Waals surface area contributed by atoms with Crippen LogP contribution in [0.2, 0.25) is 0 Å². The van der Waals surface area contributed by atoms with Crippen molar-refractivity contribution < 1.29 is 158 Å². The van der Waals surface area contributed by atoms with Crippen LogP contribution in [0, 0.1) is 0 Å². The minimum atomic E-state index is -2.24. The lowest BCUT2D eigenvalue weighted by Gasteiger charge is -2.45. The van der Waals surface area contributed by atoms with Gasteiger partial charge in [0.2, 0.25) is 24.6 Å². The number of aliphatic hydroxyl groups is 13. The Bertz CT molecular complexity index is 3360. The topological polar surface area (TPSA) is 522 Å². The zero-order valence-electron chi connectivity index (χ0n) is 45.9. The number of ether oxygens (including phenoxy) is 10. The van der Waals surface area contributed by atoms with Gasteiger partial charge in [0.15, 0.2) is 46.9 Å². The molecule has 1 aromatic heterocycles. The van der Waals surface area contributed by atoms with E-state index in [1.807, 2.05) is 0 Å². The van der Waals surface area contributed by atoms with Gasteiger partial charge in [-0.05, 0) is 59.7 Å². The highest BCUT2D eigenvalue weighted by Crippen LogP contribution is 2.44. The number of hydrogen-bond acceptors (Lipinski definition) is 31. The van der Waals surface area contributed by atoms with E-state index < -0.39 is 207 Å². The van der Waals surface area contributed by atoms with Crippen LogP contribution in [-0.4, -0.2) is 258 Å². The molecule has 0 amide bonds. The molecule has 0 saturated carbocycles. The van der Waals surface area contributed by atoms with Gasteiger partial charge in [0.25, 0.3) is 0 Å². The van der Waals surface area contributed by atoms with Gasteiger partial charge in [-0.3, -0.25) is 0 Å². The summed E-state index contributed by atoms with van der Waals surface area (Å²) >= 11 is 0. The van der Waals surface area contributed by atoms with E-state index >= 15 is 0 Å². The number of hydrogen-bond donors (Lipinski definition) is 19. The van der Waals surface area contributed by atoms with Crippen molar-refractivity contribution in [1.82, 2.24) is 0 Å². The molecule has 0 bridgehead atoms. The van der Waals surface area contributed by atoms with Crippen molar-refractivity contribution in [2.45, 2.75) is 123 Å². The Kier molecular flexibility index (Phi) is 20.6. The predicted octanol–water partition coefficient (Wildman–Crippen LogP) is -3.50. The highest BCUT2D eigenvalue weighted by atomic mass is 16.8. The van der Waals surface area contributed by atoms with E-state index in [9.17, 15) is 107 Å². The van der Waals surface area contributed by atoms with Crippen molar-refractivity contribution in [1.29, 1.82) is 0 Å². The lowest BCUT2D eigenvalue weighted by Crippen LogP contribution is -2.65. The van der Waals surface area contributed by atoms with Gasteiger partial charge >= 0.3 is 23.3 Å². The third kappa shape index (κ3) is 14.6. The van der Waals surface area contributed by atoms with Crippen LogP contribution in [0.1, 0.15) is 11.1 Å². The quantitative estimate of drug-likeness (QED) is 0.0165. The minimum Gasteiger partial charge on any atom is -0.507 e. The zero-order chi connectivity index (χ0) is 64.3. The summed E-state index contributed by atoms with van der Waals surface area (Å²) < 4.78 is 63.4. The Balaban J connectivity index is 0.992. The van der Waals surface area contributed by atoms with Crippen LogP contribution in [0.15, 0.2) is 89.4 Å². The monoisotopic (exact) mass is 1260 g/mol. The second-order valence-corrected chi connectivity index (χ2v) is 20.8. The van der Waals surface area contributed by atoms with E-state index in [4.69, 9.17) is 51.8 Å². The minimum absolute atomic E-state index is 0.0888. The average Bonchev–Trinajstić information content (AvgIpc) is 1.10. The van der Waals surface area contributed by atoms with Gasteiger partial charge in [-0.2, -0.15) is 0 Å². The number of rotatable bonds is 19. The first-order valence-corrected chi connectivity index (χ1v) is 27.0. The molecule has 4 aliphatic heterocycles. The molecule has 5 aromatic rings. The summed E-state index contributed by atoms with van der Waals surface area (Å²) in [4.78, 5) is 26.1. The predicted molar refractivity (Wildman–Crippen MR) is 291 cm³/mol. The molecule has 4 fully saturated rings. The molecule has 0 radical (unpaired) electrons. The van der Waals surface area contributed by atoms with E-state index in [-0.39, 0.29) is 39.2 Å². The lowest BCUT2D eigenvalue weighted by molar-refractivity contribution is -0.358. The molecule has 4 aliphatic rings. The number of phenols is 6. The molecule has 0 unspecified atom stereocenters. The number of fused-ring (bicyclic) bond motifs is 1. The number of aliphatic hydroxyl groups excluding tert-OH is 13. The Hall–Kier alpha value is -7.81. The molecule has 9 rings (SSSR count). The van der Waals surface area contributed by atoms with Crippen molar-refractivity contribution in [3.05, 3.63) is 96.1 Å². The fraction of sp³-hybridized carbons (Fsp3) is 0.421. The van der Waals surface area contributed by atoms with E-state index in [1.165, 1.54) is 30.3 Å². The van der Waals surface area contributed by atoms with Crippen LogP contribution < -0.4 is 14.2 Å². The van der Waals surface area contributed by atoms with Crippen LogP contribution in [0.5, 0.6) is 51.7 Å². The molecule has 4 aromatic carbocycles. The molecule has 5 heterocycles. The first kappa shape index (κ1) is 65.6. The van der Waals surface area contributed by atoms with Crippen LogP contribution in [-0.2, 0) is 42.7 Å². The maximum Gasteiger partial charge on any atom is 0.402 e. The first-order valence-electron chi connectivity index (χ1n) is 27.0. The van der Waals surface area contributed by atoms with Gasteiger partial charge in [-0.1, -0.05) is 12.1 Å². The molecule has 89 heavy (non-hydrogen) atoms. The number of esters is 2. The molecule has 19 N–H and O–H groups in total. The zero-order valence-corrected chi connectivity index (χ0v) is 45.9. The molecule has 0 spiro atoms. The molecule has 20 atom stereocenters. The fourth-order valence-corrected chi connectivity index (χ4v) is 9.66. The smallest absolute Gasteiger partial charge is 0.402 e. The molecule has 482 valence electrons. The third-order valence-electron chi connectivity index (χ3n) is 14.7.